The van der Waals surface area contributed by atoms with Crippen molar-refractivity contribution >= 4 is 10.0 Å². The zero-order chi connectivity index (χ0) is 14.4. The zero-order valence-electron chi connectivity index (χ0n) is 11.4. The molecule has 0 aromatic heterocycles. The Labute approximate surface area is 120 Å². The Morgan fingerprint density at radius 3 is 2.85 bits per heavy atom. The van der Waals surface area contributed by atoms with E-state index in [1.807, 2.05) is 0 Å². The second-order valence-corrected chi connectivity index (χ2v) is 6.78. The molecule has 1 aliphatic rings. The van der Waals surface area contributed by atoms with Crippen LogP contribution in [0.4, 0.5) is 0 Å². The highest BCUT2D eigenvalue weighted by atomic mass is 32.2. The maximum absolute atomic E-state index is 12.1. The Bertz CT molecular complexity index is 610. The summed E-state index contributed by atoms with van der Waals surface area (Å²) in [5, 5.41) is 0. The first-order valence-electron chi connectivity index (χ1n) is 6.90. The Morgan fingerprint density at radius 1 is 1.35 bits per heavy atom. The predicted octanol–water partition coefficient (Wildman–Crippen LogP) is 1.47. The van der Waals surface area contributed by atoms with E-state index in [2.05, 4.69) is 16.6 Å². The molecular formula is C15H20N2O2S. The lowest BCUT2D eigenvalue weighted by atomic mass is 10.2. The summed E-state index contributed by atoms with van der Waals surface area (Å²) < 4.78 is 26.9. The smallest absolute Gasteiger partial charge is 0.240 e. The van der Waals surface area contributed by atoms with Gasteiger partial charge < -0.3 is 5.73 Å². The lowest BCUT2D eigenvalue weighted by molar-refractivity contribution is 0.572. The zero-order valence-corrected chi connectivity index (χ0v) is 12.2. The maximum atomic E-state index is 12.1. The number of sulfonamides is 1. The standard InChI is InChI=1S/C15H20N2O2S/c16-10-2-5-14-4-1-7-15(12-14)20(18,19)17-11-3-6-13-8-9-13/h1,4,7,12-13,17H,3,6,8-11,16H2. The van der Waals surface area contributed by atoms with Crippen molar-refractivity contribution in [3.05, 3.63) is 29.8 Å². The molecule has 0 unspecified atom stereocenters. The van der Waals surface area contributed by atoms with E-state index in [-0.39, 0.29) is 11.4 Å². The van der Waals surface area contributed by atoms with Crippen molar-refractivity contribution in [2.45, 2.75) is 30.6 Å². The van der Waals surface area contributed by atoms with Gasteiger partial charge in [0.2, 0.25) is 10.0 Å². The van der Waals surface area contributed by atoms with Crippen LogP contribution in [0.5, 0.6) is 0 Å². The minimum atomic E-state index is -3.43. The molecule has 0 atom stereocenters. The summed E-state index contributed by atoms with van der Waals surface area (Å²) in [6.07, 6.45) is 4.62. The number of benzene rings is 1. The maximum Gasteiger partial charge on any atom is 0.240 e. The van der Waals surface area contributed by atoms with Crippen molar-refractivity contribution in [1.82, 2.24) is 4.72 Å². The van der Waals surface area contributed by atoms with Gasteiger partial charge in [0, 0.05) is 12.1 Å². The third-order valence-electron chi connectivity index (χ3n) is 3.26. The Kier molecular flexibility index (Phi) is 5.18. The number of hydrogen-bond acceptors (Lipinski definition) is 3. The molecule has 108 valence electrons. The molecular weight excluding hydrogens is 272 g/mol. The van der Waals surface area contributed by atoms with E-state index in [1.165, 1.54) is 12.8 Å². The molecule has 0 spiro atoms. The van der Waals surface area contributed by atoms with Crippen LogP contribution in [-0.2, 0) is 10.0 Å². The van der Waals surface area contributed by atoms with Crippen molar-refractivity contribution in [2.75, 3.05) is 13.1 Å². The van der Waals surface area contributed by atoms with E-state index in [4.69, 9.17) is 5.73 Å². The van der Waals surface area contributed by atoms with Crippen molar-refractivity contribution in [2.24, 2.45) is 11.7 Å². The molecule has 20 heavy (non-hydrogen) atoms. The fourth-order valence-corrected chi connectivity index (χ4v) is 3.10. The summed E-state index contributed by atoms with van der Waals surface area (Å²) in [5.41, 5.74) is 5.97. The molecule has 0 radical (unpaired) electrons. The van der Waals surface area contributed by atoms with E-state index in [1.54, 1.807) is 24.3 Å². The van der Waals surface area contributed by atoms with E-state index < -0.39 is 10.0 Å². The average molecular weight is 292 g/mol. The van der Waals surface area contributed by atoms with Gasteiger partial charge in [-0.05, 0) is 37.0 Å². The topological polar surface area (TPSA) is 72.2 Å². The number of hydrogen-bond donors (Lipinski definition) is 2. The van der Waals surface area contributed by atoms with Gasteiger partial charge in [-0.2, -0.15) is 0 Å². The van der Waals surface area contributed by atoms with Crippen molar-refractivity contribution in [1.29, 1.82) is 0 Å². The molecule has 0 aliphatic heterocycles. The third kappa shape index (κ3) is 4.64. The van der Waals surface area contributed by atoms with Gasteiger partial charge in [-0.15, -0.1) is 0 Å². The normalized spacial score (nSPS) is 14.7. The molecule has 0 bridgehead atoms. The van der Waals surface area contributed by atoms with Crippen LogP contribution in [-0.4, -0.2) is 21.5 Å². The molecule has 2 rings (SSSR count). The highest BCUT2D eigenvalue weighted by molar-refractivity contribution is 7.89. The van der Waals surface area contributed by atoms with Gasteiger partial charge >= 0.3 is 0 Å². The van der Waals surface area contributed by atoms with Crippen LogP contribution >= 0.6 is 0 Å². The van der Waals surface area contributed by atoms with E-state index in [0.29, 0.717) is 12.1 Å². The second kappa shape index (κ2) is 6.89. The van der Waals surface area contributed by atoms with Crippen molar-refractivity contribution in [3.63, 3.8) is 0 Å². The van der Waals surface area contributed by atoms with Gasteiger partial charge in [0.05, 0.1) is 11.4 Å². The lowest BCUT2D eigenvalue weighted by Crippen LogP contribution is -2.24. The van der Waals surface area contributed by atoms with Gasteiger partial charge in [0.25, 0.3) is 0 Å². The SMILES string of the molecule is NCC#Cc1cccc(S(=O)(=O)NCCCC2CC2)c1. The van der Waals surface area contributed by atoms with E-state index >= 15 is 0 Å². The minimum Gasteiger partial charge on any atom is -0.320 e. The fourth-order valence-electron chi connectivity index (χ4n) is 1.98. The van der Waals surface area contributed by atoms with Gasteiger partial charge in [-0.1, -0.05) is 30.7 Å². The summed E-state index contributed by atoms with van der Waals surface area (Å²) in [4.78, 5) is 0.257. The Morgan fingerprint density at radius 2 is 2.15 bits per heavy atom. The quantitative estimate of drug-likeness (QED) is 0.616. The third-order valence-corrected chi connectivity index (χ3v) is 4.72. The molecule has 0 saturated heterocycles. The highest BCUT2D eigenvalue weighted by Crippen LogP contribution is 2.33. The first-order chi connectivity index (χ1) is 9.62. The molecule has 1 aliphatic carbocycles. The summed E-state index contributed by atoms with van der Waals surface area (Å²) >= 11 is 0. The second-order valence-electron chi connectivity index (χ2n) is 5.02. The summed E-state index contributed by atoms with van der Waals surface area (Å²) in [6, 6.07) is 6.62. The van der Waals surface area contributed by atoms with Crippen LogP contribution in [0.3, 0.4) is 0 Å². The number of nitrogens with one attached hydrogen (secondary N) is 1. The van der Waals surface area contributed by atoms with Crippen LogP contribution < -0.4 is 10.5 Å². The molecule has 1 fully saturated rings. The first kappa shape index (κ1) is 15.0. The van der Waals surface area contributed by atoms with Gasteiger partial charge in [0.15, 0.2) is 0 Å². The Balaban J connectivity index is 1.96. The van der Waals surface area contributed by atoms with Crippen molar-refractivity contribution < 1.29 is 8.42 Å². The van der Waals surface area contributed by atoms with Crippen LogP contribution in [0.25, 0.3) is 0 Å². The molecule has 1 aromatic rings. The molecule has 5 heteroatoms. The van der Waals surface area contributed by atoms with Gasteiger partial charge in [-0.3, -0.25) is 0 Å². The summed E-state index contributed by atoms with van der Waals surface area (Å²) in [5.74, 6) is 6.39. The molecule has 1 saturated carbocycles. The largest absolute Gasteiger partial charge is 0.320 e. The number of nitrogens with two attached hydrogens (primary N) is 1. The van der Waals surface area contributed by atoms with Crippen LogP contribution in [0.2, 0.25) is 0 Å². The summed E-state index contributed by atoms with van der Waals surface area (Å²) in [6.45, 7) is 0.758. The van der Waals surface area contributed by atoms with E-state index in [9.17, 15) is 8.42 Å². The van der Waals surface area contributed by atoms with Crippen LogP contribution in [0, 0.1) is 17.8 Å². The van der Waals surface area contributed by atoms with Gasteiger partial charge in [-0.25, -0.2) is 13.1 Å². The molecule has 0 amide bonds. The molecule has 1 aromatic carbocycles. The minimum absolute atomic E-state index is 0.257. The van der Waals surface area contributed by atoms with Gasteiger partial charge in [0.1, 0.15) is 0 Å². The lowest BCUT2D eigenvalue weighted by Gasteiger charge is -2.06. The fraction of sp³-hybridized carbons (Fsp3) is 0.467. The van der Waals surface area contributed by atoms with Crippen molar-refractivity contribution in [3.8, 4) is 11.8 Å². The predicted molar refractivity (Wildman–Crippen MR) is 79.5 cm³/mol. The average Bonchev–Trinajstić information content (AvgIpc) is 3.26. The molecule has 0 heterocycles. The van der Waals surface area contributed by atoms with E-state index in [0.717, 1.165) is 18.8 Å². The summed E-state index contributed by atoms with van der Waals surface area (Å²) in [7, 11) is -3.43. The highest BCUT2D eigenvalue weighted by Gasteiger charge is 2.20. The van der Waals surface area contributed by atoms with Crippen LogP contribution in [0.15, 0.2) is 29.2 Å². The number of rotatable bonds is 6. The first-order valence-corrected chi connectivity index (χ1v) is 8.39. The monoisotopic (exact) mass is 292 g/mol. The van der Waals surface area contributed by atoms with Crippen LogP contribution in [0.1, 0.15) is 31.2 Å². The molecule has 3 N–H and O–H groups in total. The Hall–Kier alpha value is -1.35. The molecule has 4 nitrogen and oxygen atoms in total.